The van der Waals surface area contributed by atoms with Gasteiger partial charge in [-0.2, -0.15) is 4.98 Å². The highest BCUT2D eigenvalue weighted by atomic mass is 35.5. The van der Waals surface area contributed by atoms with Gasteiger partial charge in [0.05, 0.1) is 33.4 Å². The van der Waals surface area contributed by atoms with E-state index in [1.807, 2.05) is 4.90 Å². The fourth-order valence-corrected chi connectivity index (χ4v) is 1.73. The number of esters is 1. The Balaban J connectivity index is 2.87. The highest BCUT2D eigenvalue weighted by Gasteiger charge is 2.15. The standard InChI is InChI=1S/C12H18ClN3O4/c1-18-7-6-16(5-4-10(17)19-2)11-9(13)8-14-12(15-11)20-3/h8H,4-7H2,1-3H3. The Kier molecular flexibility index (Phi) is 7.03. The van der Waals surface area contributed by atoms with Gasteiger partial charge in [0.25, 0.3) is 0 Å². The molecular weight excluding hydrogens is 286 g/mol. The zero-order valence-corrected chi connectivity index (χ0v) is 12.5. The molecule has 0 atom stereocenters. The molecular formula is C12H18ClN3O4. The third-order valence-corrected chi connectivity index (χ3v) is 2.83. The molecule has 1 aromatic heterocycles. The van der Waals surface area contributed by atoms with Crippen LogP contribution >= 0.6 is 11.6 Å². The third-order valence-electron chi connectivity index (χ3n) is 2.56. The quantitative estimate of drug-likeness (QED) is 0.667. The summed E-state index contributed by atoms with van der Waals surface area (Å²) in [6, 6.07) is 0.213. The van der Waals surface area contributed by atoms with E-state index in [0.717, 1.165) is 0 Å². The number of nitrogens with zero attached hydrogens (tertiary/aromatic N) is 3. The molecule has 1 aromatic rings. The monoisotopic (exact) mass is 303 g/mol. The lowest BCUT2D eigenvalue weighted by Crippen LogP contribution is -2.31. The van der Waals surface area contributed by atoms with Crippen molar-refractivity contribution in [1.82, 2.24) is 9.97 Å². The summed E-state index contributed by atoms with van der Waals surface area (Å²) in [7, 11) is 4.42. The van der Waals surface area contributed by atoms with E-state index >= 15 is 0 Å². The maximum Gasteiger partial charge on any atom is 0.318 e. The molecule has 0 saturated carbocycles. The second-order valence-corrected chi connectivity index (χ2v) is 4.24. The molecule has 8 heteroatoms. The van der Waals surface area contributed by atoms with Crippen LogP contribution in [0.2, 0.25) is 5.02 Å². The van der Waals surface area contributed by atoms with Crippen LogP contribution in [0.15, 0.2) is 6.20 Å². The van der Waals surface area contributed by atoms with Gasteiger partial charge >= 0.3 is 12.0 Å². The van der Waals surface area contributed by atoms with Gasteiger partial charge in [-0.3, -0.25) is 4.79 Å². The van der Waals surface area contributed by atoms with Crippen LogP contribution in [0.3, 0.4) is 0 Å². The van der Waals surface area contributed by atoms with Crippen molar-refractivity contribution < 1.29 is 19.0 Å². The third kappa shape index (κ3) is 4.82. The molecule has 0 aromatic carbocycles. The number of methoxy groups -OCH3 is 3. The minimum Gasteiger partial charge on any atom is -0.469 e. The first-order valence-electron chi connectivity index (χ1n) is 5.99. The van der Waals surface area contributed by atoms with Crippen LogP contribution < -0.4 is 9.64 Å². The summed E-state index contributed by atoms with van der Waals surface area (Å²) in [5.41, 5.74) is 0. The summed E-state index contributed by atoms with van der Waals surface area (Å²) in [4.78, 5) is 21.2. The maximum absolute atomic E-state index is 11.3. The number of aromatic nitrogens is 2. The molecule has 112 valence electrons. The number of carbonyl (C=O) groups excluding carboxylic acids is 1. The smallest absolute Gasteiger partial charge is 0.318 e. The first-order chi connectivity index (χ1) is 9.62. The molecule has 0 N–H and O–H groups in total. The van der Waals surface area contributed by atoms with Crippen molar-refractivity contribution in [1.29, 1.82) is 0 Å². The van der Waals surface area contributed by atoms with Gasteiger partial charge in [0.2, 0.25) is 0 Å². The average Bonchev–Trinajstić information content (AvgIpc) is 2.48. The Labute approximate surface area is 122 Å². The lowest BCUT2D eigenvalue weighted by molar-refractivity contribution is -0.140. The van der Waals surface area contributed by atoms with Gasteiger partial charge < -0.3 is 19.1 Å². The zero-order valence-electron chi connectivity index (χ0n) is 11.8. The van der Waals surface area contributed by atoms with E-state index in [0.29, 0.717) is 30.5 Å². The normalized spacial score (nSPS) is 10.2. The average molecular weight is 304 g/mol. The van der Waals surface area contributed by atoms with Gasteiger partial charge in [-0.05, 0) is 0 Å². The first kappa shape index (κ1) is 16.5. The number of ether oxygens (including phenoxy) is 3. The van der Waals surface area contributed by atoms with E-state index < -0.39 is 0 Å². The largest absolute Gasteiger partial charge is 0.469 e. The second kappa shape index (κ2) is 8.55. The molecule has 0 unspecified atom stereocenters. The second-order valence-electron chi connectivity index (χ2n) is 3.83. The molecule has 0 amide bonds. The summed E-state index contributed by atoms with van der Waals surface area (Å²) in [6.45, 7) is 1.42. The van der Waals surface area contributed by atoms with Crippen molar-refractivity contribution in [3.05, 3.63) is 11.2 Å². The lowest BCUT2D eigenvalue weighted by atomic mass is 10.3. The zero-order chi connectivity index (χ0) is 15.0. The van der Waals surface area contributed by atoms with Crippen molar-refractivity contribution in [3.8, 4) is 6.01 Å². The summed E-state index contributed by atoms with van der Waals surface area (Å²) in [6.07, 6.45) is 1.68. The fourth-order valence-electron chi connectivity index (χ4n) is 1.52. The molecule has 0 bridgehead atoms. The first-order valence-corrected chi connectivity index (χ1v) is 6.37. The van der Waals surface area contributed by atoms with Crippen molar-refractivity contribution >= 4 is 23.4 Å². The molecule has 20 heavy (non-hydrogen) atoms. The lowest BCUT2D eigenvalue weighted by Gasteiger charge is -2.23. The maximum atomic E-state index is 11.3. The van der Waals surface area contributed by atoms with Gasteiger partial charge in [-0.1, -0.05) is 11.6 Å². The van der Waals surface area contributed by atoms with Crippen LogP contribution in [0.25, 0.3) is 0 Å². The summed E-state index contributed by atoms with van der Waals surface area (Å²) in [5, 5.41) is 0.381. The van der Waals surface area contributed by atoms with Crippen LogP contribution in [0.5, 0.6) is 6.01 Å². The molecule has 0 spiro atoms. The summed E-state index contributed by atoms with van der Waals surface area (Å²) in [5.74, 6) is 0.198. The molecule has 0 fully saturated rings. The molecule has 7 nitrogen and oxygen atoms in total. The van der Waals surface area contributed by atoms with E-state index in [4.69, 9.17) is 21.1 Å². The van der Waals surface area contributed by atoms with Crippen molar-refractivity contribution in [3.63, 3.8) is 0 Å². The van der Waals surface area contributed by atoms with E-state index in [2.05, 4.69) is 14.7 Å². The van der Waals surface area contributed by atoms with Gasteiger partial charge in [0.15, 0.2) is 5.82 Å². The molecule has 0 radical (unpaired) electrons. The van der Waals surface area contributed by atoms with Crippen molar-refractivity contribution in [2.75, 3.05) is 45.9 Å². The van der Waals surface area contributed by atoms with Gasteiger partial charge in [-0.25, -0.2) is 4.98 Å². The predicted octanol–water partition coefficient (Wildman–Crippen LogP) is 1.15. The van der Waals surface area contributed by atoms with Gasteiger partial charge in [0, 0.05) is 20.2 Å². The van der Waals surface area contributed by atoms with Crippen molar-refractivity contribution in [2.45, 2.75) is 6.42 Å². The molecule has 1 rings (SSSR count). The molecule has 0 aliphatic rings. The van der Waals surface area contributed by atoms with Gasteiger partial charge in [0.1, 0.15) is 5.02 Å². The topological polar surface area (TPSA) is 73.8 Å². The van der Waals surface area contributed by atoms with Crippen LogP contribution in [0.1, 0.15) is 6.42 Å². The predicted molar refractivity (Wildman–Crippen MR) is 74.3 cm³/mol. The Bertz CT molecular complexity index is 445. The minimum absolute atomic E-state index is 0.213. The summed E-state index contributed by atoms with van der Waals surface area (Å²) < 4.78 is 14.7. The number of rotatable bonds is 8. The fraction of sp³-hybridized carbons (Fsp3) is 0.583. The summed E-state index contributed by atoms with van der Waals surface area (Å²) >= 11 is 6.10. The van der Waals surface area contributed by atoms with Crippen LogP contribution in [0.4, 0.5) is 5.82 Å². The van der Waals surface area contributed by atoms with E-state index in [-0.39, 0.29) is 18.4 Å². The minimum atomic E-state index is -0.301. The number of anilines is 1. The van der Waals surface area contributed by atoms with Crippen LogP contribution in [-0.2, 0) is 14.3 Å². The van der Waals surface area contributed by atoms with E-state index in [9.17, 15) is 4.79 Å². The number of hydrogen-bond acceptors (Lipinski definition) is 7. The Morgan fingerprint density at radius 1 is 1.35 bits per heavy atom. The molecule has 0 aliphatic heterocycles. The number of hydrogen-bond donors (Lipinski definition) is 0. The highest BCUT2D eigenvalue weighted by Crippen LogP contribution is 2.24. The van der Waals surface area contributed by atoms with E-state index in [1.165, 1.54) is 20.4 Å². The SMILES string of the molecule is COCCN(CCC(=O)OC)c1nc(OC)ncc1Cl. The number of carbonyl (C=O) groups is 1. The number of halogens is 1. The van der Waals surface area contributed by atoms with E-state index in [1.54, 1.807) is 7.11 Å². The molecule has 1 heterocycles. The Hall–Kier alpha value is -1.60. The van der Waals surface area contributed by atoms with Crippen LogP contribution in [0, 0.1) is 0 Å². The Morgan fingerprint density at radius 3 is 2.70 bits per heavy atom. The van der Waals surface area contributed by atoms with Crippen molar-refractivity contribution in [2.24, 2.45) is 0 Å². The highest BCUT2D eigenvalue weighted by molar-refractivity contribution is 6.32. The molecule has 0 aliphatic carbocycles. The van der Waals surface area contributed by atoms with Gasteiger partial charge in [-0.15, -0.1) is 0 Å². The van der Waals surface area contributed by atoms with Crippen LogP contribution in [-0.4, -0.2) is 57.0 Å². The Morgan fingerprint density at radius 2 is 2.10 bits per heavy atom. The molecule has 0 saturated heterocycles.